The van der Waals surface area contributed by atoms with Crippen LogP contribution in [0, 0.1) is 11.8 Å². The molecule has 0 radical (unpaired) electrons. The van der Waals surface area contributed by atoms with Crippen molar-refractivity contribution in [3.05, 3.63) is 66.0 Å². The minimum atomic E-state index is 0.179. The molecule has 1 saturated heterocycles. The van der Waals surface area contributed by atoms with E-state index in [2.05, 4.69) is 60.1 Å². The highest BCUT2D eigenvalue weighted by molar-refractivity contribution is 5.73. The van der Waals surface area contributed by atoms with E-state index in [4.69, 9.17) is 0 Å². The Morgan fingerprint density at radius 3 is 2.52 bits per heavy atom. The largest absolute Gasteiger partial charge is 0.342 e. The van der Waals surface area contributed by atoms with Crippen LogP contribution in [0.3, 0.4) is 0 Å². The molecule has 1 aliphatic rings. The van der Waals surface area contributed by atoms with Crippen LogP contribution in [0.1, 0.15) is 37.9 Å². The SMILES string of the molecule is CC(=O)N(CC(C)C)CC1CN(Cc2ccccn2)CC1c1ccccc1. The molecule has 0 saturated carbocycles. The molecule has 3 rings (SSSR count). The molecule has 4 nitrogen and oxygen atoms in total. The topological polar surface area (TPSA) is 36.4 Å². The molecule has 0 N–H and O–H groups in total. The van der Waals surface area contributed by atoms with Gasteiger partial charge in [0.05, 0.1) is 5.69 Å². The van der Waals surface area contributed by atoms with Crippen LogP contribution in [0.4, 0.5) is 0 Å². The van der Waals surface area contributed by atoms with E-state index in [1.54, 1.807) is 6.92 Å². The number of carbonyl (C=O) groups excluding carboxylic acids is 1. The summed E-state index contributed by atoms with van der Waals surface area (Å²) in [6, 6.07) is 16.8. The minimum Gasteiger partial charge on any atom is -0.342 e. The second kappa shape index (κ2) is 9.14. The maximum absolute atomic E-state index is 12.2. The molecule has 0 bridgehead atoms. The van der Waals surface area contributed by atoms with Gasteiger partial charge >= 0.3 is 0 Å². The van der Waals surface area contributed by atoms with E-state index in [-0.39, 0.29) is 5.91 Å². The van der Waals surface area contributed by atoms with Crippen LogP contribution in [0.2, 0.25) is 0 Å². The lowest BCUT2D eigenvalue weighted by atomic mass is 9.88. The van der Waals surface area contributed by atoms with Gasteiger partial charge in [-0.2, -0.15) is 0 Å². The molecule has 0 spiro atoms. The molecule has 144 valence electrons. The Hall–Kier alpha value is -2.20. The number of nitrogens with zero attached hydrogens (tertiary/aromatic N) is 3. The molecule has 1 aromatic heterocycles. The third-order valence-electron chi connectivity index (χ3n) is 5.34. The lowest BCUT2D eigenvalue weighted by Crippen LogP contribution is -2.38. The van der Waals surface area contributed by atoms with E-state index in [9.17, 15) is 4.79 Å². The highest BCUT2D eigenvalue weighted by Crippen LogP contribution is 2.34. The number of amides is 1. The first-order valence-electron chi connectivity index (χ1n) is 9.95. The monoisotopic (exact) mass is 365 g/mol. The first-order valence-corrected chi connectivity index (χ1v) is 9.95. The fraction of sp³-hybridized carbons (Fsp3) is 0.478. The number of pyridine rings is 1. The zero-order chi connectivity index (χ0) is 19.2. The molecule has 4 heteroatoms. The fourth-order valence-electron chi connectivity index (χ4n) is 4.13. The maximum atomic E-state index is 12.2. The number of rotatable bonds is 7. The summed E-state index contributed by atoms with van der Waals surface area (Å²) in [5.41, 5.74) is 2.48. The summed E-state index contributed by atoms with van der Waals surface area (Å²) >= 11 is 0. The molecule has 1 fully saturated rings. The van der Waals surface area contributed by atoms with Crippen LogP contribution in [0.15, 0.2) is 54.7 Å². The normalized spacial score (nSPS) is 20.1. The molecule has 2 atom stereocenters. The third kappa shape index (κ3) is 5.39. The molecule has 2 aromatic rings. The van der Waals surface area contributed by atoms with E-state index < -0.39 is 0 Å². The standard InChI is InChI=1S/C23H31N3O/c1-18(2)13-26(19(3)27)15-21-14-25(16-22-11-7-8-12-24-22)17-23(21)20-9-5-4-6-10-20/h4-12,18,21,23H,13-17H2,1-3H3. The second-order valence-corrected chi connectivity index (χ2v) is 8.11. The minimum absolute atomic E-state index is 0.179. The number of aromatic nitrogens is 1. The van der Waals surface area contributed by atoms with Crippen molar-refractivity contribution in [2.45, 2.75) is 33.2 Å². The molecule has 1 aromatic carbocycles. The Balaban J connectivity index is 1.76. The summed E-state index contributed by atoms with van der Waals surface area (Å²) in [6.07, 6.45) is 1.86. The van der Waals surface area contributed by atoms with Crippen molar-refractivity contribution in [3.63, 3.8) is 0 Å². The Morgan fingerprint density at radius 1 is 1.15 bits per heavy atom. The van der Waals surface area contributed by atoms with Gasteiger partial charge in [0.2, 0.25) is 5.91 Å². The Bertz CT molecular complexity index is 717. The summed E-state index contributed by atoms with van der Waals surface area (Å²) in [6.45, 7) is 10.6. The van der Waals surface area contributed by atoms with E-state index >= 15 is 0 Å². The second-order valence-electron chi connectivity index (χ2n) is 8.11. The molecular weight excluding hydrogens is 334 g/mol. The molecule has 0 aliphatic carbocycles. The highest BCUT2D eigenvalue weighted by Gasteiger charge is 2.35. The van der Waals surface area contributed by atoms with Gasteiger partial charge in [-0.05, 0) is 29.5 Å². The number of likely N-dealkylation sites (tertiary alicyclic amines) is 1. The Kier molecular flexibility index (Phi) is 6.62. The maximum Gasteiger partial charge on any atom is 0.219 e. The third-order valence-corrected chi connectivity index (χ3v) is 5.34. The first-order chi connectivity index (χ1) is 13.0. The van der Waals surface area contributed by atoms with Crippen LogP contribution < -0.4 is 0 Å². The van der Waals surface area contributed by atoms with Gasteiger partial charge < -0.3 is 4.90 Å². The zero-order valence-corrected chi connectivity index (χ0v) is 16.7. The van der Waals surface area contributed by atoms with Crippen molar-refractivity contribution in [2.75, 3.05) is 26.2 Å². The highest BCUT2D eigenvalue weighted by atomic mass is 16.2. The van der Waals surface area contributed by atoms with Crippen molar-refractivity contribution in [1.29, 1.82) is 0 Å². The van der Waals surface area contributed by atoms with Crippen LogP contribution in [-0.4, -0.2) is 46.9 Å². The van der Waals surface area contributed by atoms with Crippen LogP contribution in [0.5, 0.6) is 0 Å². The summed E-state index contributed by atoms with van der Waals surface area (Å²) in [7, 11) is 0. The van der Waals surface area contributed by atoms with Crippen LogP contribution in [-0.2, 0) is 11.3 Å². The van der Waals surface area contributed by atoms with Crippen molar-refractivity contribution in [2.24, 2.45) is 11.8 Å². The van der Waals surface area contributed by atoms with Gasteiger partial charge in [-0.25, -0.2) is 0 Å². The number of carbonyl (C=O) groups is 1. The summed E-state index contributed by atoms with van der Waals surface area (Å²) in [4.78, 5) is 21.2. The van der Waals surface area contributed by atoms with Crippen molar-refractivity contribution in [3.8, 4) is 0 Å². The van der Waals surface area contributed by atoms with Gasteiger partial charge in [0.25, 0.3) is 0 Å². The number of hydrogen-bond donors (Lipinski definition) is 0. The molecule has 2 heterocycles. The quantitative estimate of drug-likeness (QED) is 0.749. The van der Waals surface area contributed by atoms with Gasteiger partial charge in [0.1, 0.15) is 0 Å². The predicted molar refractivity (Wildman–Crippen MR) is 109 cm³/mol. The van der Waals surface area contributed by atoms with Crippen LogP contribution in [0.25, 0.3) is 0 Å². The summed E-state index contributed by atoms with van der Waals surface area (Å²) < 4.78 is 0. The Labute approximate surface area is 163 Å². The van der Waals surface area contributed by atoms with Crippen molar-refractivity contribution in [1.82, 2.24) is 14.8 Å². The van der Waals surface area contributed by atoms with Crippen LogP contribution >= 0.6 is 0 Å². The van der Waals surface area contributed by atoms with Gasteiger partial charge in [-0.15, -0.1) is 0 Å². The smallest absolute Gasteiger partial charge is 0.219 e. The lowest BCUT2D eigenvalue weighted by molar-refractivity contribution is -0.130. The number of hydrogen-bond acceptors (Lipinski definition) is 3. The van der Waals surface area contributed by atoms with E-state index in [1.165, 1.54) is 5.56 Å². The molecule has 1 amide bonds. The molecule has 27 heavy (non-hydrogen) atoms. The van der Waals surface area contributed by atoms with Crippen molar-refractivity contribution < 1.29 is 4.79 Å². The number of benzene rings is 1. The van der Waals surface area contributed by atoms with Gasteiger partial charge in [0.15, 0.2) is 0 Å². The molecule has 1 aliphatic heterocycles. The molecular formula is C23H31N3O. The van der Waals surface area contributed by atoms with Crippen molar-refractivity contribution >= 4 is 5.91 Å². The molecule has 2 unspecified atom stereocenters. The lowest BCUT2D eigenvalue weighted by Gasteiger charge is -2.29. The Morgan fingerprint density at radius 2 is 1.89 bits per heavy atom. The average molecular weight is 366 g/mol. The van der Waals surface area contributed by atoms with Gasteiger partial charge in [-0.3, -0.25) is 14.7 Å². The van der Waals surface area contributed by atoms with Gasteiger partial charge in [-0.1, -0.05) is 50.2 Å². The van der Waals surface area contributed by atoms with Gasteiger partial charge in [0, 0.05) is 51.8 Å². The predicted octanol–water partition coefficient (Wildman–Crippen LogP) is 3.80. The van der Waals surface area contributed by atoms with E-state index in [0.29, 0.717) is 17.8 Å². The summed E-state index contributed by atoms with van der Waals surface area (Å²) in [5, 5.41) is 0. The fourth-order valence-corrected chi connectivity index (χ4v) is 4.13. The first kappa shape index (κ1) is 19.6. The zero-order valence-electron chi connectivity index (χ0n) is 16.7. The van der Waals surface area contributed by atoms with E-state index in [0.717, 1.165) is 38.4 Å². The summed E-state index contributed by atoms with van der Waals surface area (Å²) in [5.74, 6) is 1.55. The van der Waals surface area contributed by atoms with E-state index in [1.807, 2.05) is 23.2 Å². The average Bonchev–Trinajstić information content (AvgIpc) is 3.04.